The third-order valence-corrected chi connectivity index (χ3v) is 18.2. The average molecular weight is 1100 g/mol. The van der Waals surface area contributed by atoms with Gasteiger partial charge in [-0.25, -0.2) is 15.0 Å². The summed E-state index contributed by atoms with van der Waals surface area (Å²) in [5, 5.41) is 10.3. The van der Waals surface area contributed by atoms with Crippen LogP contribution in [0.4, 0.5) is 0 Å². The van der Waals surface area contributed by atoms with Gasteiger partial charge in [-0.3, -0.25) is 0 Å². The van der Waals surface area contributed by atoms with Crippen molar-refractivity contribution in [2.75, 3.05) is 0 Å². The Labute approximate surface area is 496 Å². The number of hydrogen-bond donors (Lipinski definition) is 0. The van der Waals surface area contributed by atoms with E-state index in [0.29, 0.717) is 11.5 Å². The monoisotopic (exact) mass is 1100 g/mol. The Morgan fingerprint density at radius 3 is 1.60 bits per heavy atom. The fraction of sp³-hybridized carbons (Fsp3) is 0.0253. The molecular formula is C79H47N5O2. The van der Waals surface area contributed by atoms with E-state index in [1.807, 2.05) is 66.7 Å². The number of nitrogens with zero attached hydrogens (tertiary/aromatic N) is 5. The van der Waals surface area contributed by atoms with Gasteiger partial charge < -0.3 is 9.47 Å². The molecule has 2 aliphatic carbocycles. The van der Waals surface area contributed by atoms with Crippen LogP contribution in [-0.2, 0) is 10.8 Å². The van der Waals surface area contributed by atoms with Gasteiger partial charge in [-0.05, 0) is 111 Å². The van der Waals surface area contributed by atoms with E-state index in [0.717, 1.165) is 123 Å². The second-order valence-electron chi connectivity index (χ2n) is 22.5. The molecule has 86 heavy (non-hydrogen) atoms. The molecule has 0 N–H and O–H groups in total. The summed E-state index contributed by atoms with van der Waals surface area (Å²) in [6.07, 6.45) is 0. The molecule has 14 aromatic rings. The fourth-order valence-corrected chi connectivity index (χ4v) is 14.6. The van der Waals surface area contributed by atoms with Gasteiger partial charge in [0.2, 0.25) is 0 Å². The Morgan fingerprint density at radius 2 is 0.826 bits per heavy atom. The van der Waals surface area contributed by atoms with Crippen LogP contribution in [0.1, 0.15) is 44.5 Å². The van der Waals surface area contributed by atoms with Crippen molar-refractivity contribution in [1.82, 2.24) is 25.1 Å². The quantitative estimate of drug-likeness (QED) is 0.164. The van der Waals surface area contributed by atoms with E-state index in [9.17, 15) is 0 Å². The summed E-state index contributed by atoms with van der Waals surface area (Å²) in [6, 6.07) is 101. The molecule has 0 saturated heterocycles. The molecule has 7 nitrogen and oxygen atoms in total. The van der Waals surface area contributed by atoms with E-state index in [-0.39, 0.29) is 0 Å². The number of pyridine rings is 1. The maximum Gasteiger partial charge on any atom is 0.160 e. The smallest absolute Gasteiger partial charge is 0.160 e. The Kier molecular flexibility index (Phi) is 10.4. The Balaban J connectivity index is 0.814. The molecule has 0 radical (unpaired) electrons. The average Bonchev–Trinajstić information content (AvgIpc) is 1.48. The molecule has 1 unspecified atom stereocenters. The lowest BCUT2D eigenvalue weighted by molar-refractivity contribution is 0.436. The summed E-state index contributed by atoms with van der Waals surface area (Å²) in [7, 11) is 0. The van der Waals surface area contributed by atoms with Crippen LogP contribution >= 0.6 is 0 Å². The lowest BCUT2D eigenvalue weighted by atomic mass is 9.65. The number of benzene rings is 11. The maximum atomic E-state index is 7.56. The first-order valence-corrected chi connectivity index (χ1v) is 29.1. The van der Waals surface area contributed by atoms with Crippen LogP contribution in [0.25, 0.3) is 101 Å². The first-order valence-electron chi connectivity index (χ1n) is 29.1. The zero-order chi connectivity index (χ0) is 56.5. The summed E-state index contributed by atoms with van der Waals surface area (Å²) >= 11 is 0. The van der Waals surface area contributed by atoms with Gasteiger partial charge >= 0.3 is 0 Å². The largest absolute Gasteiger partial charge is 0.457 e. The topological polar surface area (TPSA) is 82.9 Å². The molecule has 0 saturated carbocycles. The van der Waals surface area contributed by atoms with Crippen molar-refractivity contribution in [3.63, 3.8) is 0 Å². The molecule has 18 rings (SSSR count). The van der Waals surface area contributed by atoms with Crippen LogP contribution in [0.3, 0.4) is 0 Å². The van der Waals surface area contributed by atoms with Crippen LogP contribution in [0.2, 0.25) is 0 Å². The Bertz CT molecular complexity index is 5090. The zero-order valence-electron chi connectivity index (χ0n) is 46.2. The normalized spacial score (nSPS) is 14.8. The van der Waals surface area contributed by atoms with E-state index in [4.69, 9.17) is 24.4 Å². The van der Waals surface area contributed by atoms with Gasteiger partial charge in [0.05, 0.1) is 39.1 Å². The van der Waals surface area contributed by atoms with Crippen molar-refractivity contribution in [1.29, 1.82) is 0 Å². The van der Waals surface area contributed by atoms with Crippen molar-refractivity contribution in [2.24, 2.45) is 0 Å². The number of hydrogen-bond acceptors (Lipinski definition) is 7. The van der Waals surface area contributed by atoms with E-state index >= 15 is 0 Å². The molecule has 2 spiro atoms. The maximum absolute atomic E-state index is 7.56. The Hall–Kier alpha value is -11.4. The molecule has 0 fully saturated rings. The highest BCUT2D eigenvalue weighted by molar-refractivity contribution is 6.00. The highest BCUT2D eigenvalue weighted by Crippen LogP contribution is 2.67. The second kappa shape index (κ2) is 18.5. The van der Waals surface area contributed by atoms with Gasteiger partial charge in [0, 0.05) is 55.5 Å². The first-order chi connectivity index (χ1) is 42.6. The molecule has 5 heterocycles. The van der Waals surface area contributed by atoms with Crippen molar-refractivity contribution in [2.45, 2.75) is 10.8 Å². The SMILES string of the molecule is c1ccc(-c2ccc(-c3cccc(-c4ccc5c(c4)C4(c6ccccc6-c6ccccc64)c4cccc(-c6cccc7c6-c6ccccc6C76c7ccccc7Oc7cc(-c8nc(-c9ccccc9)c9ccccc9n8)ccc76)c4O5)n3)nn2)cc1. The standard InChI is InChI=1S/C79H47N5O2/c1-3-20-48(21-4-1)67-43-44-70(84-83-67)69-38-19-37-66(80-69)50-41-45-72-65(46-50)78(58-30-11-7-24-52(58)53-25-8-12-31-59(53)78)64-35-18-29-55(76(64)86-72)54-28-17-34-63-74(54)56-26-9-13-32-60(56)79(63)61-33-14-16-39-71(61)85-73-47-51(40-42-62(73)79)77-81-68-36-15-10-27-57(68)75(82-77)49-22-5-2-6-23-49/h1-47H. The second-order valence-corrected chi connectivity index (χ2v) is 22.5. The van der Waals surface area contributed by atoms with Gasteiger partial charge in [0.1, 0.15) is 28.7 Å². The van der Waals surface area contributed by atoms with Crippen molar-refractivity contribution in [3.8, 4) is 113 Å². The fourth-order valence-electron chi connectivity index (χ4n) is 14.6. The van der Waals surface area contributed by atoms with E-state index < -0.39 is 10.8 Å². The summed E-state index contributed by atoms with van der Waals surface area (Å²) in [5.74, 6) is 3.82. The molecule has 0 amide bonds. The minimum Gasteiger partial charge on any atom is -0.457 e. The van der Waals surface area contributed by atoms with Gasteiger partial charge in [-0.2, -0.15) is 0 Å². The van der Waals surface area contributed by atoms with Crippen molar-refractivity contribution >= 4 is 10.9 Å². The molecule has 11 aromatic carbocycles. The van der Waals surface area contributed by atoms with Crippen LogP contribution in [0.5, 0.6) is 23.0 Å². The summed E-state index contributed by atoms with van der Waals surface area (Å²) < 4.78 is 14.6. The lowest BCUT2D eigenvalue weighted by Crippen LogP contribution is -2.32. The molecule has 0 bridgehead atoms. The predicted octanol–water partition coefficient (Wildman–Crippen LogP) is 18.8. The molecule has 1 atom stereocenters. The summed E-state index contributed by atoms with van der Waals surface area (Å²) in [4.78, 5) is 15.8. The van der Waals surface area contributed by atoms with Gasteiger partial charge in [-0.1, -0.05) is 224 Å². The minimum atomic E-state index is -0.761. The molecule has 3 aromatic heterocycles. The number of rotatable bonds is 6. The third kappa shape index (κ3) is 6.82. The summed E-state index contributed by atoms with van der Waals surface area (Å²) in [6.45, 7) is 0. The van der Waals surface area contributed by atoms with Crippen LogP contribution < -0.4 is 9.47 Å². The minimum absolute atomic E-state index is 0.635. The van der Waals surface area contributed by atoms with Gasteiger partial charge in [-0.15, -0.1) is 10.2 Å². The number of ether oxygens (including phenoxy) is 2. The van der Waals surface area contributed by atoms with E-state index in [2.05, 4.69) is 229 Å². The van der Waals surface area contributed by atoms with E-state index in [1.54, 1.807) is 0 Å². The highest BCUT2D eigenvalue weighted by Gasteiger charge is 2.54. The highest BCUT2D eigenvalue weighted by atomic mass is 16.5. The number of aromatic nitrogens is 5. The number of para-hydroxylation sites is 3. The Morgan fingerprint density at radius 1 is 0.267 bits per heavy atom. The summed E-state index contributed by atoms with van der Waals surface area (Å²) in [5.41, 5.74) is 23.1. The lowest BCUT2D eigenvalue weighted by Gasteiger charge is -2.40. The van der Waals surface area contributed by atoms with Crippen molar-refractivity contribution in [3.05, 3.63) is 330 Å². The first kappa shape index (κ1) is 48.2. The van der Waals surface area contributed by atoms with Crippen LogP contribution in [0.15, 0.2) is 285 Å². The number of fused-ring (bicyclic) bond motifs is 19. The zero-order valence-corrected chi connectivity index (χ0v) is 46.2. The molecule has 4 aliphatic rings. The van der Waals surface area contributed by atoms with E-state index in [1.165, 1.54) is 33.4 Å². The van der Waals surface area contributed by atoms with Gasteiger partial charge in [0.15, 0.2) is 5.82 Å². The molecular weight excluding hydrogens is 1050 g/mol. The van der Waals surface area contributed by atoms with Crippen LogP contribution in [0, 0.1) is 0 Å². The van der Waals surface area contributed by atoms with Gasteiger partial charge in [0.25, 0.3) is 0 Å². The van der Waals surface area contributed by atoms with Crippen molar-refractivity contribution < 1.29 is 9.47 Å². The molecule has 7 heteroatoms. The molecule has 2 aliphatic heterocycles. The van der Waals surface area contributed by atoms with Crippen LogP contribution in [-0.4, -0.2) is 25.1 Å². The predicted molar refractivity (Wildman–Crippen MR) is 340 cm³/mol. The third-order valence-electron chi connectivity index (χ3n) is 18.2. The molecule has 400 valence electrons.